The monoisotopic (exact) mass is 324 g/mol. The minimum absolute atomic E-state index is 0.0135. The predicted octanol–water partition coefficient (Wildman–Crippen LogP) is 2.69. The molecule has 1 N–H and O–H groups in total. The average Bonchev–Trinajstić information content (AvgIpc) is 3.02. The zero-order valence-electron chi connectivity index (χ0n) is 13.6. The number of hydrogen-bond acceptors (Lipinski definition) is 4. The van der Waals surface area contributed by atoms with E-state index in [-0.39, 0.29) is 5.91 Å². The summed E-state index contributed by atoms with van der Waals surface area (Å²) in [5.41, 5.74) is 0.777. The Bertz CT molecular complexity index is 867. The summed E-state index contributed by atoms with van der Waals surface area (Å²) >= 11 is 0. The van der Waals surface area contributed by atoms with Crippen molar-refractivity contribution in [2.45, 2.75) is 38.6 Å². The van der Waals surface area contributed by atoms with E-state index < -0.39 is 0 Å². The van der Waals surface area contributed by atoms with Crippen LogP contribution in [0.15, 0.2) is 40.9 Å². The lowest BCUT2D eigenvalue weighted by Crippen LogP contribution is -2.24. The van der Waals surface area contributed by atoms with Crippen molar-refractivity contribution in [3.05, 3.63) is 53.9 Å². The molecule has 0 spiro atoms. The molecule has 1 fully saturated rings. The molecule has 24 heavy (non-hydrogen) atoms. The van der Waals surface area contributed by atoms with Crippen LogP contribution < -0.4 is 5.32 Å². The first-order valence-electron chi connectivity index (χ1n) is 8.34. The van der Waals surface area contributed by atoms with Gasteiger partial charge in [0.25, 0.3) is 0 Å². The van der Waals surface area contributed by atoms with Crippen molar-refractivity contribution in [2.75, 3.05) is 0 Å². The van der Waals surface area contributed by atoms with Crippen LogP contribution >= 0.6 is 0 Å². The molecule has 0 bridgehead atoms. The molecule has 0 aliphatic heterocycles. The van der Waals surface area contributed by atoms with Crippen LogP contribution in [-0.4, -0.2) is 20.5 Å². The maximum atomic E-state index is 12.0. The number of pyridine rings is 1. The Hall–Kier alpha value is -2.63. The van der Waals surface area contributed by atoms with Gasteiger partial charge < -0.3 is 9.73 Å². The topological polar surface area (TPSA) is 72.4 Å². The highest BCUT2D eigenvalue weighted by Gasteiger charge is 2.36. The van der Waals surface area contributed by atoms with Crippen molar-refractivity contribution in [2.24, 2.45) is 5.92 Å². The number of aryl methyl sites for hydroxylation is 1. The number of carbonyl (C=O) groups excluding carboxylic acids is 1. The van der Waals surface area contributed by atoms with E-state index in [9.17, 15) is 4.79 Å². The Morgan fingerprint density at radius 3 is 3.04 bits per heavy atom. The van der Waals surface area contributed by atoms with Gasteiger partial charge in [0.15, 0.2) is 11.5 Å². The molecule has 1 aliphatic carbocycles. The molecule has 0 radical (unpaired) electrons. The Balaban J connectivity index is 1.28. The molecule has 6 heteroatoms. The third-order valence-electron chi connectivity index (χ3n) is 4.58. The summed E-state index contributed by atoms with van der Waals surface area (Å²) in [6, 6.07) is 9.74. The fraction of sp³-hybridized carbons (Fsp3) is 0.389. The maximum absolute atomic E-state index is 12.0. The Morgan fingerprint density at radius 2 is 2.21 bits per heavy atom. The number of furan rings is 1. The lowest BCUT2D eigenvalue weighted by molar-refractivity contribution is -0.121. The van der Waals surface area contributed by atoms with Crippen LogP contribution in [0, 0.1) is 5.92 Å². The van der Waals surface area contributed by atoms with Crippen LogP contribution in [0.3, 0.4) is 0 Å². The normalized spacial score (nSPS) is 19.5. The minimum atomic E-state index is -0.0135. The number of rotatable bonds is 6. The van der Waals surface area contributed by atoms with Crippen molar-refractivity contribution >= 4 is 11.6 Å². The van der Waals surface area contributed by atoms with Gasteiger partial charge in [0.1, 0.15) is 11.5 Å². The number of carbonyl (C=O) groups is 1. The van der Waals surface area contributed by atoms with Crippen molar-refractivity contribution in [3.8, 4) is 0 Å². The second-order valence-electron chi connectivity index (χ2n) is 6.45. The standard InChI is InChI=1S/C18H20N4O2/c1-12-10-14(12)15-7-5-13(24-15)6-8-18(23)19-11-17-21-20-16-4-2-3-9-22(16)17/h2-5,7,9,12,14H,6,8,10-11H2,1H3,(H,19,23)/t12-,14+/m1/s1. The summed E-state index contributed by atoms with van der Waals surface area (Å²) in [4.78, 5) is 12.0. The van der Waals surface area contributed by atoms with Crippen molar-refractivity contribution in [1.82, 2.24) is 19.9 Å². The molecule has 0 unspecified atom stereocenters. The molecule has 3 heterocycles. The van der Waals surface area contributed by atoms with E-state index in [0.29, 0.717) is 25.3 Å². The molecule has 1 saturated carbocycles. The molecule has 0 aromatic carbocycles. The zero-order valence-corrected chi connectivity index (χ0v) is 13.6. The van der Waals surface area contributed by atoms with E-state index in [0.717, 1.165) is 28.9 Å². The average molecular weight is 324 g/mol. The Morgan fingerprint density at radius 1 is 1.33 bits per heavy atom. The van der Waals surface area contributed by atoms with Gasteiger partial charge in [-0.05, 0) is 36.6 Å². The predicted molar refractivity (Wildman–Crippen MR) is 88.4 cm³/mol. The molecule has 6 nitrogen and oxygen atoms in total. The first-order valence-corrected chi connectivity index (χ1v) is 8.34. The van der Waals surface area contributed by atoms with Gasteiger partial charge >= 0.3 is 0 Å². The molecule has 0 saturated heterocycles. The van der Waals surface area contributed by atoms with E-state index in [1.54, 1.807) is 0 Å². The van der Waals surface area contributed by atoms with Crippen molar-refractivity contribution < 1.29 is 9.21 Å². The fourth-order valence-electron chi connectivity index (χ4n) is 2.96. The van der Waals surface area contributed by atoms with Crippen LogP contribution in [0.1, 0.15) is 43.0 Å². The van der Waals surface area contributed by atoms with Crippen LogP contribution in [0.5, 0.6) is 0 Å². The smallest absolute Gasteiger partial charge is 0.220 e. The second-order valence-corrected chi connectivity index (χ2v) is 6.45. The van der Waals surface area contributed by atoms with Gasteiger partial charge in [0.2, 0.25) is 5.91 Å². The zero-order chi connectivity index (χ0) is 16.5. The molecule has 4 rings (SSSR count). The van der Waals surface area contributed by atoms with E-state index in [1.165, 1.54) is 6.42 Å². The first kappa shape index (κ1) is 14.9. The minimum Gasteiger partial charge on any atom is -0.466 e. The lowest BCUT2D eigenvalue weighted by atomic mass is 10.2. The molecule has 2 atom stereocenters. The van der Waals surface area contributed by atoms with E-state index in [2.05, 4.69) is 22.4 Å². The summed E-state index contributed by atoms with van der Waals surface area (Å²) in [5.74, 6) is 3.96. The summed E-state index contributed by atoms with van der Waals surface area (Å²) in [6.45, 7) is 2.60. The molecule has 1 aliphatic rings. The number of amides is 1. The molecule has 3 aromatic heterocycles. The largest absolute Gasteiger partial charge is 0.466 e. The maximum Gasteiger partial charge on any atom is 0.220 e. The number of fused-ring (bicyclic) bond motifs is 1. The third-order valence-corrected chi connectivity index (χ3v) is 4.58. The highest BCUT2D eigenvalue weighted by atomic mass is 16.3. The van der Waals surface area contributed by atoms with E-state index >= 15 is 0 Å². The highest BCUT2D eigenvalue weighted by Crippen LogP contribution is 2.47. The number of hydrogen-bond donors (Lipinski definition) is 1. The van der Waals surface area contributed by atoms with Crippen molar-refractivity contribution in [1.29, 1.82) is 0 Å². The molecular weight excluding hydrogens is 304 g/mol. The molecular formula is C18H20N4O2. The Labute approximate surface area is 139 Å². The van der Waals surface area contributed by atoms with Crippen LogP contribution in [0.2, 0.25) is 0 Å². The molecule has 1 amide bonds. The van der Waals surface area contributed by atoms with Crippen LogP contribution in [0.25, 0.3) is 5.65 Å². The van der Waals surface area contributed by atoms with E-state index in [4.69, 9.17) is 4.42 Å². The summed E-state index contributed by atoms with van der Waals surface area (Å²) < 4.78 is 7.70. The number of aromatic nitrogens is 3. The SMILES string of the molecule is C[C@@H]1C[C@@H]1c1ccc(CCC(=O)NCc2nnc3ccccn23)o1. The van der Waals surface area contributed by atoms with Crippen LogP contribution in [-0.2, 0) is 17.8 Å². The van der Waals surface area contributed by atoms with Gasteiger partial charge in [-0.2, -0.15) is 0 Å². The van der Waals surface area contributed by atoms with Gasteiger partial charge in [-0.1, -0.05) is 13.0 Å². The van der Waals surface area contributed by atoms with Crippen molar-refractivity contribution in [3.63, 3.8) is 0 Å². The lowest BCUT2D eigenvalue weighted by Gasteiger charge is -2.03. The first-order chi connectivity index (χ1) is 11.7. The van der Waals surface area contributed by atoms with Gasteiger partial charge in [0, 0.05) is 25.0 Å². The number of nitrogens with one attached hydrogen (secondary N) is 1. The number of nitrogens with zero attached hydrogens (tertiary/aromatic N) is 3. The molecule has 124 valence electrons. The quantitative estimate of drug-likeness (QED) is 0.756. The van der Waals surface area contributed by atoms with Gasteiger partial charge in [-0.3, -0.25) is 9.20 Å². The van der Waals surface area contributed by atoms with Gasteiger partial charge in [0.05, 0.1) is 6.54 Å². The third kappa shape index (κ3) is 3.04. The highest BCUT2D eigenvalue weighted by molar-refractivity contribution is 5.76. The van der Waals surface area contributed by atoms with Crippen LogP contribution in [0.4, 0.5) is 0 Å². The fourth-order valence-corrected chi connectivity index (χ4v) is 2.96. The molecule has 3 aromatic rings. The van der Waals surface area contributed by atoms with E-state index in [1.807, 2.05) is 40.9 Å². The van der Waals surface area contributed by atoms with Gasteiger partial charge in [-0.25, -0.2) is 0 Å². The summed E-state index contributed by atoms with van der Waals surface area (Å²) in [7, 11) is 0. The van der Waals surface area contributed by atoms with Gasteiger partial charge in [-0.15, -0.1) is 10.2 Å². The Kier molecular flexibility index (Phi) is 3.80. The summed E-state index contributed by atoms with van der Waals surface area (Å²) in [6.07, 6.45) is 4.12. The summed E-state index contributed by atoms with van der Waals surface area (Å²) in [5, 5.41) is 11.1. The second kappa shape index (κ2) is 6.11.